The number of carbonyl (C=O) groups is 1. The Hall–Kier alpha value is -2.35. The lowest BCUT2D eigenvalue weighted by atomic mass is 10.1. The number of nitrogens with one attached hydrogen (secondary N) is 1. The van der Waals surface area contributed by atoms with Crippen LogP contribution in [0.2, 0.25) is 0 Å². The van der Waals surface area contributed by atoms with Gasteiger partial charge in [0.05, 0.1) is 16.7 Å². The van der Waals surface area contributed by atoms with Gasteiger partial charge in [0.1, 0.15) is 0 Å². The third-order valence-corrected chi connectivity index (χ3v) is 5.80. The summed E-state index contributed by atoms with van der Waals surface area (Å²) in [5.41, 5.74) is 0.712. The minimum Gasteiger partial charge on any atom is -0.353 e. The Labute approximate surface area is 174 Å². The quantitative estimate of drug-likeness (QED) is 0.541. The Morgan fingerprint density at radius 1 is 1.17 bits per heavy atom. The normalized spacial score (nSPS) is 12.7. The molecule has 8 heteroatoms. The number of amides is 1. The summed E-state index contributed by atoms with van der Waals surface area (Å²) in [4.78, 5) is 25.3. The summed E-state index contributed by atoms with van der Waals surface area (Å²) in [5.74, 6) is 1.23. The minimum absolute atomic E-state index is 0.0230. The number of aryl methyl sites for hydroxylation is 1. The molecule has 0 radical (unpaired) electrons. The Morgan fingerprint density at radius 2 is 1.93 bits per heavy atom. The van der Waals surface area contributed by atoms with Crippen molar-refractivity contribution >= 4 is 34.3 Å². The van der Waals surface area contributed by atoms with Crippen molar-refractivity contribution in [1.82, 2.24) is 24.5 Å². The molecule has 7 nitrogen and oxygen atoms in total. The van der Waals surface area contributed by atoms with Gasteiger partial charge >= 0.3 is 0 Å². The molecule has 1 N–H and O–H groups in total. The van der Waals surface area contributed by atoms with E-state index in [4.69, 9.17) is 0 Å². The zero-order valence-corrected chi connectivity index (χ0v) is 18.3. The lowest BCUT2D eigenvalue weighted by Crippen LogP contribution is -2.33. The predicted octanol–water partition coefficient (Wildman–Crippen LogP) is 3.49. The standard InChI is InChI=1S/C21H29N5O2S/c1-5-8-15(4)22-18(27)13-29-21-24-23-20-25(12-11-14(2)3)19(28)16-9-6-7-10-17(16)26(20)21/h6-7,9-10,14-15H,5,8,11-13H2,1-4H3,(H,22,27). The fourth-order valence-corrected chi connectivity index (χ4v) is 4.12. The van der Waals surface area contributed by atoms with Crippen LogP contribution in [0.4, 0.5) is 0 Å². The van der Waals surface area contributed by atoms with E-state index in [1.165, 1.54) is 11.8 Å². The van der Waals surface area contributed by atoms with Crippen LogP contribution in [0.25, 0.3) is 16.7 Å². The number of aromatic nitrogens is 4. The number of benzene rings is 1. The van der Waals surface area contributed by atoms with Gasteiger partial charge in [0.15, 0.2) is 5.16 Å². The summed E-state index contributed by atoms with van der Waals surface area (Å²) in [5, 5.41) is 12.9. The molecule has 2 heterocycles. The van der Waals surface area contributed by atoms with Crippen LogP contribution in [0.15, 0.2) is 34.2 Å². The average molecular weight is 416 g/mol. The van der Waals surface area contributed by atoms with Crippen LogP contribution in [0.1, 0.15) is 47.0 Å². The van der Waals surface area contributed by atoms with Crippen molar-refractivity contribution in [2.75, 3.05) is 5.75 Å². The maximum Gasteiger partial charge on any atom is 0.262 e. The van der Waals surface area contributed by atoms with Gasteiger partial charge < -0.3 is 5.32 Å². The van der Waals surface area contributed by atoms with E-state index in [0.29, 0.717) is 28.8 Å². The highest BCUT2D eigenvalue weighted by molar-refractivity contribution is 7.99. The van der Waals surface area contributed by atoms with E-state index >= 15 is 0 Å². The predicted molar refractivity (Wildman–Crippen MR) is 117 cm³/mol. The molecule has 1 unspecified atom stereocenters. The maximum absolute atomic E-state index is 13.0. The van der Waals surface area contributed by atoms with Gasteiger partial charge in [-0.2, -0.15) is 0 Å². The Morgan fingerprint density at radius 3 is 2.66 bits per heavy atom. The summed E-state index contributed by atoms with van der Waals surface area (Å²) in [6, 6.07) is 7.64. The van der Waals surface area contributed by atoms with E-state index < -0.39 is 0 Å². The molecule has 156 valence electrons. The second-order valence-electron chi connectivity index (χ2n) is 7.82. The lowest BCUT2D eigenvalue weighted by Gasteiger charge is -2.13. The van der Waals surface area contributed by atoms with Crippen LogP contribution in [0, 0.1) is 5.92 Å². The Balaban J connectivity index is 1.95. The van der Waals surface area contributed by atoms with Gasteiger partial charge in [-0.1, -0.05) is 51.1 Å². The highest BCUT2D eigenvalue weighted by atomic mass is 32.2. The molecule has 0 saturated carbocycles. The number of carbonyl (C=O) groups excluding carboxylic acids is 1. The number of thioether (sulfide) groups is 1. The van der Waals surface area contributed by atoms with Crippen LogP contribution >= 0.6 is 11.8 Å². The first-order chi connectivity index (χ1) is 13.9. The molecule has 3 rings (SSSR count). The molecule has 1 atom stereocenters. The first kappa shape index (κ1) is 21.4. The van der Waals surface area contributed by atoms with Gasteiger partial charge in [-0.3, -0.25) is 18.6 Å². The molecule has 0 aliphatic rings. The van der Waals surface area contributed by atoms with Crippen LogP contribution < -0.4 is 10.9 Å². The van der Waals surface area contributed by atoms with Crippen molar-refractivity contribution in [1.29, 1.82) is 0 Å². The maximum atomic E-state index is 13.0. The van der Waals surface area contributed by atoms with Gasteiger partial charge in [0.25, 0.3) is 5.56 Å². The van der Waals surface area contributed by atoms with E-state index in [2.05, 4.69) is 36.3 Å². The third-order valence-electron chi connectivity index (χ3n) is 4.87. The molecule has 0 aliphatic carbocycles. The average Bonchev–Trinajstić information content (AvgIpc) is 3.10. The van der Waals surface area contributed by atoms with Crippen molar-refractivity contribution in [3.63, 3.8) is 0 Å². The molecule has 29 heavy (non-hydrogen) atoms. The number of hydrogen-bond donors (Lipinski definition) is 1. The summed E-state index contributed by atoms with van der Waals surface area (Å²) in [6.45, 7) is 8.96. The molecular formula is C21H29N5O2S. The van der Waals surface area contributed by atoms with E-state index in [1.807, 2.05) is 35.6 Å². The molecule has 3 aromatic rings. The van der Waals surface area contributed by atoms with Gasteiger partial charge in [0.2, 0.25) is 11.7 Å². The smallest absolute Gasteiger partial charge is 0.262 e. The molecular weight excluding hydrogens is 386 g/mol. The van der Waals surface area contributed by atoms with Crippen molar-refractivity contribution < 1.29 is 4.79 Å². The largest absolute Gasteiger partial charge is 0.353 e. The lowest BCUT2D eigenvalue weighted by molar-refractivity contribution is -0.119. The second kappa shape index (κ2) is 9.43. The van der Waals surface area contributed by atoms with Crippen molar-refractivity contribution in [2.45, 2.75) is 64.7 Å². The van der Waals surface area contributed by atoms with Crippen molar-refractivity contribution in [2.24, 2.45) is 5.92 Å². The first-order valence-corrected chi connectivity index (χ1v) is 11.2. The summed E-state index contributed by atoms with van der Waals surface area (Å²) >= 11 is 1.34. The topological polar surface area (TPSA) is 81.3 Å². The van der Waals surface area contributed by atoms with Crippen LogP contribution in [0.5, 0.6) is 0 Å². The van der Waals surface area contributed by atoms with Crippen molar-refractivity contribution in [3.05, 3.63) is 34.6 Å². The number of hydrogen-bond acceptors (Lipinski definition) is 5. The molecule has 1 amide bonds. The highest BCUT2D eigenvalue weighted by Crippen LogP contribution is 2.22. The molecule has 0 spiro atoms. The van der Waals surface area contributed by atoms with Crippen LogP contribution in [-0.2, 0) is 11.3 Å². The van der Waals surface area contributed by atoms with E-state index in [-0.39, 0.29) is 23.3 Å². The third kappa shape index (κ3) is 4.80. The van der Waals surface area contributed by atoms with Crippen LogP contribution in [0.3, 0.4) is 0 Å². The summed E-state index contributed by atoms with van der Waals surface area (Å²) in [6.07, 6.45) is 2.86. The molecule has 0 fully saturated rings. The Bertz CT molecular complexity index is 1060. The molecule has 2 aromatic heterocycles. The second-order valence-corrected chi connectivity index (χ2v) is 8.76. The zero-order chi connectivity index (χ0) is 21.0. The van der Waals surface area contributed by atoms with Crippen molar-refractivity contribution in [3.8, 4) is 0 Å². The summed E-state index contributed by atoms with van der Waals surface area (Å²) in [7, 11) is 0. The van der Waals surface area contributed by atoms with Gasteiger partial charge in [-0.05, 0) is 37.8 Å². The number of fused-ring (bicyclic) bond motifs is 3. The van der Waals surface area contributed by atoms with Gasteiger partial charge in [0, 0.05) is 12.6 Å². The molecule has 0 saturated heterocycles. The minimum atomic E-state index is -0.0520. The number of para-hydroxylation sites is 1. The number of nitrogens with zero attached hydrogens (tertiary/aromatic N) is 4. The summed E-state index contributed by atoms with van der Waals surface area (Å²) < 4.78 is 3.59. The Kier molecular flexibility index (Phi) is 6.95. The van der Waals surface area contributed by atoms with Gasteiger partial charge in [-0.15, -0.1) is 10.2 Å². The van der Waals surface area contributed by atoms with E-state index in [1.54, 1.807) is 4.57 Å². The fraction of sp³-hybridized carbons (Fsp3) is 0.524. The molecule has 1 aromatic carbocycles. The molecule has 0 aliphatic heterocycles. The zero-order valence-electron chi connectivity index (χ0n) is 17.5. The van der Waals surface area contributed by atoms with E-state index in [0.717, 1.165) is 24.8 Å². The monoisotopic (exact) mass is 415 g/mol. The highest BCUT2D eigenvalue weighted by Gasteiger charge is 2.18. The molecule has 0 bridgehead atoms. The number of rotatable bonds is 9. The SMILES string of the molecule is CCCC(C)NC(=O)CSc1nnc2n(CCC(C)C)c(=O)c3ccccc3n12. The van der Waals surface area contributed by atoms with Gasteiger partial charge in [-0.25, -0.2) is 0 Å². The van der Waals surface area contributed by atoms with E-state index in [9.17, 15) is 9.59 Å². The first-order valence-electron chi connectivity index (χ1n) is 10.2. The van der Waals surface area contributed by atoms with Crippen LogP contribution in [-0.4, -0.2) is 36.9 Å². The fourth-order valence-electron chi connectivity index (χ4n) is 3.37.